The SMILES string of the molecule is CN=C(NCCC(=O)N1CCN(c2ccccn2)CC1)NC1CCC(SC)C1. The number of nitrogens with one attached hydrogen (secondary N) is 2. The Balaban J connectivity index is 1.35. The van der Waals surface area contributed by atoms with Gasteiger partial charge < -0.3 is 20.4 Å². The molecule has 28 heavy (non-hydrogen) atoms. The van der Waals surface area contributed by atoms with Crippen LogP contribution in [0.3, 0.4) is 0 Å². The summed E-state index contributed by atoms with van der Waals surface area (Å²) in [6.45, 7) is 3.77. The molecule has 2 N–H and O–H groups in total. The molecule has 2 aliphatic rings. The van der Waals surface area contributed by atoms with Gasteiger partial charge in [0.25, 0.3) is 0 Å². The molecular formula is C20H32N6OS. The maximum absolute atomic E-state index is 12.5. The molecule has 154 valence electrons. The second kappa shape index (κ2) is 10.5. The fourth-order valence-electron chi connectivity index (χ4n) is 3.84. The van der Waals surface area contributed by atoms with Gasteiger partial charge >= 0.3 is 0 Å². The van der Waals surface area contributed by atoms with E-state index in [9.17, 15) is 4.79 Å². The van der Waals surface area contributed by atoms with Crippen molar-refractivity contribution in [2.24, 2.45) is 4.99 Å². The number of hydrogen-bond donors (Lipinski definition) is 2. The van der Waals surface area contributed by atoms with Gasteiger partial charge in [0.2, 0.25) is 5.91 Å². The van der Waals surface area contributed by atoms with Crippen LogP contribution in [0, 0.1) is 0 Å². The third-order valence-corrected chi connectivity index (χ3v) is 6.61. The van der Waals surface area contributed by atoms with Crippen molar-refractivity contribution in [1.82, 2.24) is 20.5 Å². The summed E-state index contributed by atoms with van der Waals surface area (Å²) < 4.78 is 0. The highest BCUT2D eigenvalue weighted by molar-refractivity contribution is 7.99. The summed E-state index contributed by atoms with van der Waals surface area (Å²) in [5.74, 6) is 1.99. The first-order valence-electron chi connectivity index (χ1n) is 10.1. The number of piperazine rings is 1. The quantitative estimate of drug-likeness (QED) is 0.554. The van der Waals surface area contributed by atoms with Crippen molar-refractivity contribution in [3.05, 3.63) is 24.4 Å². The highest BCUT2D eigenvalue weighted by atomic mass is 32.2. The van der Waals surface area contributed by atoms with Crippen LogP contribution in [0.25, 0.3) is 0 Å². The number of guanidine groups is 1. The Kier molecular flexibility index (Phi) is 7.82. The maximum Gasteiger partial charge on any atom is 0.224 e. The minimum absolute atomic E-state index is 0.201. The molecule has 0 bridgehead atoms. The second-order valence-electron chi connectivity index (χ2n) is 7.32. The average Bonchev–Trinajstić information content (AvgIpc) is 3.21. The van der Waals surface area contributed by atoms with E-state index in [0.29, 0.717) is 19.0 Å². The smallest absolute Gasteiger partial charge is 0.224 e. The van der Waals surface area contributed by atoms with Crippen LogP contribution >= 0.6 is 11.8 Å². The lowest BCUT2D eigenvalue weighted by Gasteiger charge is -2.35. The predicted octanol–water partition coefficient (Wildman–Crippen LogP) is 1.57. The Bertz CT molecular complexity index is 647. The van der Waals surface area contributed by atoms with E-state index >= 15 is 0 Å². The molecule has 0 radical (unpaired) electrons. The minimum atomic E-state index is 0.201. The molecule has 1 amide bonds. The number of hydrogen-bond acceptors (Lipinski definition) is 5. The van der Waals surface area contributed by atoms with Crippen LogP contribution < -0.4 is 15.5 Å². The number of aliphatic imine (C=N–C) groups is 1. The fourth-order valence-corrected chi connectivity index (χ4v) is 4.64. The summed E-state index contributed by atoms with van der Waals surface area (Å²) in [5.41, 5.74) is 0. The van der Waals surface area contributed by atoms with E-state index in [-0.39, 0.29) is 5.91 Å². The van der Waals surface area contributed by atoms with E-state index in [0.717, 1.165) is 43.2 Å². The third kappa shape index (κ3) is 5.77. The molecule has 1 aliphatic carbocycles. The molecule has 1 aromatic heterocycles. The third-order valence-electron chi connectivity index (χ3n) is 5.52. The molecule has 2 atom stereocenters. The lowest BCUT2D eigenvalue weighted by Crippen LogP contribution is -2.50. The Labute approximate surface area is 172 Å². The molecule has 2 fully saturated rings. The van der Waals surface area contributed by atoms with Crippen LogP contribution in [0.1, 0.15) is 25.7 Å². The van der Waals surface area contributed by atoms with Gasteiger partial charge in [-0.05, 0) is 37.7 Å². The van der Waals surface area contributed by atoms with E-state index < -0.39 is 0 Å². The first-order chi connectivity index (χ1) is 13.7. The summed E-state index contributed by atoms with van der Waals surface area (Å²) in [4.78, 5) is 25.4. The van der Waals surface area contributed by atoms with Gasteiger partial charge in [0.05, 0.1) is 0 Å². The monoisotopic (exact) mass is 404 g/mol. The number of carbonyl (C=O) groups is 1. The van der Waals surface area contributed by atoms with Crippen LogP contribution in [0.4, 0.5) is 5.82 Å². The second-order valence-corrected chi connectivity index (χ2v) is 8.45. The first-order valence-corrected chi connectivity index (χ1v) is 11.4. The molecule has 8 heteroatoms. The van der Waals surface area contributed by atoms with E-state index in [1.807, 2.05) is 41.1 Å². The lowest BCUT2D eigenvalue weighted by atomic mass is 10.2. The molecular weight excluding hydrogens is 372 g/mol. The Morgan fingerprint density at radius 1 is 1.29 bits per heavy atom. The zero-order valence-corrected chi connectivity index (χ0v) is 17.7. The van der Waals surface area contributed by atoms with Gasteiger partial charge in [-0.15, -0.1) is 0 Å². The minimum Gasteiger partial charge on any atom is -0.356 e. The molecule has 2 heterocycles. The van der Waals surface area contributed by atoms with E-state index in [1.165, 1.54) is 19.3 Å². The highest BCUT2D eigenvalue weighted by Crippen LogP contribution is 2.28. The highest BCUT2D eigenvalue weighted by Gasteiger charge is 2.25. The standard InChI is InChI=1S/C20H32N6OS/c1-21-20(24-16-6-7-17(15-16)28-2)23-10-8-19(27)26-13-11-25(12-14-26)18-5-3-4-9-22-18/h3-5,9,16-17H,6-8,10-15H2,1-2H3,(H2,21,23,24). The number of thioether (sulfide) groups is 1. The molecule has 1 aromatic rings. The zero-order chi connectivity index (χ0) is 19.8. The fraction of sp³-hybridized carbons (Fsp3) is 0.650. The van der Waals surface area contributed by atoms with Gasteiger partial charge in [-0.3, -0.25) is 9.79 Å². The largest absolute Gasteiger partial charge is 0.356 e. The molecule has 1 saturated heterocycles. The number of amides is 1. The molecule has 1 aliphatic heterocycles. The van der Waals surface area contributed by atoms with E-state index in [1.54, 1.807) is 7.05 Å². The van der Waals surface area contributed by atoms with Gasteiger partial charge in [-0.25, -0.2) is 4.98 Å². The zero-order valence-electron chi connectivity index (χ0n) is 16.9. The van der Waals surface area contributed by atoms with Crippen LogP contribution in [0.15, 0.2) is 29.4 Å². The van der Waals surface area contributed by atoms with Crippen molar-refractivity contribution in [2.45, 2.75) is 37.0 Å². The summed E-state index contributed by atoms with van der Waals surface area (Å²) in [5, 5.41) is 7.54. The lowest BCUT2D eigenvalue weighted by molar-refractivity contribution is -0.131. The summed E-state index contributed by atoms with van der Waals surface area (Å²) >= 11 is 1.95. The van der Waals surface area contributed by atoms with Gasteiger partial charge in [-0.1, -0.05) is 6.07 Å². The Morgan fingerprint density at radius 2 is 2.11 bits per heavy atom. The van der Waals surface area contributed by atoms with Gasteiger partial charge in [-0.2, -0.15) is 11.8 Å². The van der Waals surface area contributed by atoms with Crippen molar-refractivity contribution in [2.75, 3.05) is 50.9 Å². The number of carbonyl (C=O) groups excluding carboxylic acids is 1. The summed E-state index contributed by atoms with van der Waals surface area (Å²) in [7, 11) is 1.79. The number of aromatic nitrogens is 1. The van der Waals surface area contributed by atoms with Crippen molar-refractivity contribution >= 4 is 29.4 Å². The van der Waals surface area contributed by atoms with Crippen LogP contribution in [-0.2, 0) is 4.79 Å². The predicted molar refractivity (Wildman–Crippen MR) is 117 cm³/mol. The Morgan fingerprint density at radius 3 is 2.75 bits per heavy atom. The summed E-state index contributed by atoms with van der Waals surface area (Å²) in [6, 6.07) is 6.43. The van der Waals surface area contributed by atoms with Crippen molar-refractivity contribution < 1.29 is 4.79 Å². The molecule has 1 saturated carbocycles. The van der Waals surface area contributed by atoms with Crippen LogP contribution in [0.5, 0.6) is 0 Å². The molecule has 0 spiro atoms. The number of nitrogens with zero attached hydrogens (tertiary/aromatic N) is 4. The number of rotatable bonds is 6. The topological polar surface area (TPSA) is 72.9 Å². The first kappa shape index (κ1) is 20.8. The number of pyridine rings is 1. The van der Waals surface area contributed by atoms with Gasteiger partial charge in [0, 0.05) is 63.7 Å². The van der Waals surface area contributed by atoms with E-state index in [2.05, 4.69) is 31.8 Å². The van der Waals surface area contributed by atoms with Crippen molar-refractivity contribution in [3.63, 3.8) is 0 Å². The van der Waals surface area contributed by atoms with E-state index in [4.69, 9.17) is 0 Å². The number of anilines is 1. The molecule has 3 rings (SSSR count). The summed E-state index contributed by atoms with van der Waals surface area (Å²) in [6.07, 6.45) is 8.11. The maximum atomic E-state index is 12.5. The molecule has 7 nitrogen and oxygen atoms in total. The average molecular weight is 405 g/mol. The van der Waals surface area contributed by atoms with Crippen LogP contribution in [-0.4, -0.2) is 79.1 Å². The van der Waals surface area contributed by atoms with Gasteiger partial charge in [0.1, 0.15) is 5.82 Å². The van der Waals surface area contributed by atoms with Crippen LogP contribution in [0.2, 0.25) is 0 Å². The van der Waals surface area contributed by atoms with Crippen molar-refractivity contribution in [3.8, 4) is 0 Å². The molecule has 0 aromatic carbocycles. The Hall–Kier alpha value is -1.96. The normalized spacial score (nSPS) is 23.0. The molecule has 2 unspecified atom stereocenters. The van der Waals surface area contributed by atoms with Crippen molar-refractivity contribution in [1.29, 1.82) is 0 Å². The van der Waals surface area contributed by atoms with Gasteiger partial charge in [0.15, 0.2) is 5.96 Å².